The number of piperazine rings is 1. The van der Waals surface area contributed by atoms with E-state index in [9.17, 15) is 9.00 Å². The molecule has 1 rings (SSSR count). The molecule has 0 bridgehead atoms. The van der Waals surface area contributed by atoms with Crippen LogP contribution in [0.1, 0.15) is 13.3 Å². The average molecular weight is 247 g/mol. The van der Waals surface area contributed by atoms with Gasteiger partial charge in [-0.3, -0.25) is 9.00 Å². The zero-order valence-corrected chi connectivity index (χ0v) is 10.7. The molecular formula is C10H21N3O2S. The van der Waals surface area contributed by atoms with Crippen LogP contribution in [-0.2, 0) is 15.6 Å². The fourth-order valence-corrected chi connectivity index (χ4v) is 2.28. The van der Waals surface area contributed by atoms with Gasteiger partial charge in [0.25, 0.3) is 0 Å². The van der Waals surface area contributed by atoms with Crippen molar-refractivity contribution in [3.63, 3.8) is 0 Å². The molecule has 0 aliphatic carbocycles. The van der Waals surface area contributed by atoms with E-state index in [4.69, 9.17) is 0 Å². The van der Waals surface area contributed by atoms with Gasteiger partial charge in [0.2, 0.25) is 5.91 Å². The predicted molar refractivity (Wildman–Crippen MR) is 65.8 cm³/mol. The summed E-state index contributed by atoms with van der Waals surface area (Å²) in [7, 11) is -0.785. The lowest BCUT2D eigenvalue weighted by molar-refractivity contribution is -0.123. The maximum Gasteiger partial charge on any atom is 0.238 e. The van der Waals surface area contributed by atoms with Gasteiger partial charge in [-0.1, -0.05) is 0 Å². The highest BCUT2D eigenvalue weighted by Crippen LogP contribution is 1.95. The van der Waals surface area contributed by atoms with Crippen LogP contribution in [0.5, 0.6) is 0 Å². The van der Waals surface area contributed by atoms with Crippen molar-refractivity contribution in [2.75, 3.05) is 31.6 Å². The normalized spacial score (nSPS) is 24.8. The molecular weight excluding hydrogens is 226 g/mol. The van der Waals surface area contributed by atoms with Crippen LogP contribution in [0.3, 0.4) is 0 Å². The number of hydrogen-bond donors (Lipinski definition) is 3. The topological polar surface area (TPSA) is 70.2 Å². The summed E-state index contributed by atoms with van der Waals surface area (Å²) in [5, 5.41) is 9.25. The highest BCUT2D eigenvalue weighted by Gasteiger charge is 2.21. The van der Waals surface area contributed by atoms with Crippen LogP contribution in [0.25, 0.3) is 0 Å². The molecule has 3 atom stereocenters. The molecule has 1 aliphatic heterocycles. The summed E-state index contributed by atoms with van der Waals surface area (Å²) in [6, 6.07) is -0.0524. The van der Waals surface area contributed by atoms with Crippen LogP contribution in [0.4, 0.5) is 0 Å². The van der Waals surface area contributed by atoms with Crippen LogP contribution in [0.2, 0.25) is 0 Å². The van der Waals surface area contributed by atoms with Crippen molar-refractivity contribution in [1.82, 2.24) is 16.0 Å². The van der Waals surface area contributed by atoms with E-state index in [2.05, 4.69) is 16.0 Å². The number of amides is 1. The van der Waals surface area contributed by atoms with Gasteiger partial charge in [-0.25, -0.2) is 0 Å². The summed E-state index contributed by atoms with van der Waals surface area (Å²) < 4.78 is 10.9. The minimum absolute atomic E-state index is 0.0292. The van der Waals surface area contributed by atoms with E-state index in [1.54, 1.807) is 6.26 Å². The van der Waals surface area contributed by atoms with Gasteiger partial charge in [0.05, 0.1) is 6.04 Å². The minimum atomic E-state index is -0.785. The summed E-state index contributed by atoms with van der Waals surface area (Å²) in [6.45, 7) is 4.36. The number of carbonyl (C=O) groups is 1. The smallest absolute Gasteiger partial charge is 0.238 e. The minimum Gasteiger partial charge on any atom is -0.352 e. The molecule has 1 saturated heterocycles. The average Bonchev–Trinajstić information content (AvgIpc) is 2.27. The van der Waals surface area contributed by atoms with E-state index >= 15 is 0 Å². The van der Waals surface area contributed by atoms with Gasteiger partial charge in [-0.15, -0.1) is 0 Å². The third kappa shape index (κ3) is 5.05. The molecule has 1 heterocycles. The maximum absolute atomic E-state index is 11.8. The number of nitrogens with one attached hydrogen (secondary N) is 3. The molecule has 3 N–H and O–H groups in total. The number of rotatable bonds is 5. The summed E-state index contributed by atoms with van der Waals surface area (Å²) in [4.78, 5) is 11.8. The fourth-order valence-electron chi connectivity index (χ4n) is 1.60. The van der Waals surface area contributed by atoms with Crippen molar-refractivity contribution in [2.24, 2.45) is 0 Å². The standard InChI is InChI=1S/C10H21N3O2S/c1-8(3-6-16(2)15)13-10(14)9-7-11-4-5-12-9/h8-9,11-12H,3-7H2,1-2H3,(H,13,14). The SMILES string of the molecule is CC(CCS(C)=O)NC(=O)C1CNCCN1. The van der Waals surface area contributed by atoms with E-state index in [1.807, 2.05) is 6.92 Å². The Kier molecular flexibility index (Phi) is 5.94. The molecule has 0 aromatic rings. The van der Waals surface area contributed by atoms with Crippen molar-refractivity contribution in [2.45, 2.75) is 25.4 Å². The van der Waals surface area contributed by atoms with Crippen LogP contribution < -0.4 is 16.0 Å². The van der Waals surface area contributed by atoms with Crippen molar-refractivity contribution in [1.29, 1.82) is 0 Å². The molecule has 1 aliphatic rings. The second-order valence-electron chi connectivity index (χ2n) is 4.19. The van der Waals surface area contributed by atoms with Crippen molar-refractivity contribution >= 4 is 16.7 Å². The van der Waals surface area contributed by atoms with E-state index in [0.717, 1.165) is 19.5 Å². The number of hydrogen-bond acceptors (Lipinski definition) is 4. The molecule has 5 nitrogen and oxygen atoms in total. The highest BCUT2D eigenvalue weighted by molar-refractivity contribution is 7.84. The van der Waals surface area contributed by atoms with E-state index in [1.165, 1.54) is 0 Å². The second-order valence-corrected chi connectivity index (χ2v) is 5.74. The monoisotopic (exact) mass is 247 g/mol. The Bertz CT molecular complexity index is 254. The largest absolute Gasteiger partial charge is 0.352 e. The maximum atomic E-state index is 11.8. The first-order chi connectivity index (χ1) is 7.59. The van der Waals surface area contributed by atoms with E-state index in [0.29, 0.717) is 12.3 Å². The molecule has 0 radical (unpaired) electrons. The summed E-state index contributed by atoms with van der Waals surface area (Å²) in [5.41, 5.74) is 0. The van der Waals surface area contributed by atoms with Gasteiger partial charge in [0.1, 0.15) is 0 Å². The van der Waals surface area contributed by atoms with Crippen molar-refractivity contribution in [3.8, 4) is 0 Å². The molecule has 0 aromatic carbocycles. The van der Waals surface area contributed by atoms with Gasteiger partial charge >= 0.3 is 0 Å². The molecule has 1 fully saturated rings. The van der Waals surface area contributed by atoms with E-state index in [-0.39, 0.29) is 18.0 Å². The van der Waals surface area contributed by atoms with Crippen LogP contribution in [-0.4, -0.2) is 53.8 Å². The Morgan fingerprint density at radius 3 is 2.88 bits per heavy atom. The molecule has 0 aromatic heterocycles. The first kappa shape index (κ1) is 13.6. The molecule has 0 saturated carbocycles. The van der Waals surface area contributed by atoms with Crippen LogP contribution in [0, 0.1) is 0 Å². The van der Waals surface area contributed by atoms with Crippen molar-refractivity contribution in [3.05, 3.63) is 0 Å². The third-order valence-corrected chi connectivity index (χ3v) is 3.40. The highest BCUT2D eigenvalue weighted by atomic mass is 32.2. The first-order valence-electron chi connectivity index (χ1n) is 5.64. The predicted octanol–water partition coefficient (Wildman–Crippen LogP) is -1.18. The van der Waals surface area contributed by atoms with Gasteiger partial charge in [-0.2, -0.15) is 0 Å². The lowest BCUT2D eigenvalue weighted by Gasteiger charge is -2.25. The Morgan fingerprint density at radius 2 is 2.31 bits per heavy atom. The second kappa shape index (κ2) is 6.98. The summed E-state index contributed by atoms with van der Waals surface area (Å²) >= 11 is 0. The zero-order valence-electron chi connectivity index (χ0n) is 9.91. The number of carbonyl (C=O) groups excluding carboxylic acids is 1. The Hall–Kier alpha value is -0.460. The Labute approximate surface area is 99.2 Å². The molecule has 6 heteroatoms. The Balaban J connectivity index is 2.23. The molecule has 3 unspecified atom stereocenters. The summed E-state index contributed by atoms with van der Waals surface area (Å²) in [6.07, 6.45) is 2.44. The lowest BCUT2D eigenvalue weighted by atomic mass is 10.2. The third-order valence-electron chi connectivity index (χ3n) is 2.58. The zero-order chi connectivity index (χ0) is 12.0. The lowest BCUT2D eigenvalue weighted by Crippen LogP contribution is -2.56. The molecule has 1 amide bonds. The van der Waals surface area contributed by atoms with E-state index < -0.39 is 10.8 Å². The molecule has 94 valence electrons. The molecule has 0 spiro atoms. The van der Waals surface area contributed by atoms with Crippen LogP contribution in [0.15, 0.2) is 0 Å². The fraction of sp³-hybridized carbons (Fsp3) is 0.900. The van der Waals surface area contributed by atoms with Gasteiger partial charge in [0, 0.05) is 48.5 Å². The molecule has 16 heavy (non-hydrogen) atoms. The quantitative estimate of drug-likeness (QED) is 0.572. The van der Waals surface area contributed by atoms with Gasteiger partial charge < -0.3 is 16.0 Å². The van der Waals surface area contributed by atoms with Gasteiger partial charge in [-0.05, 0) is 13.3 Å². The Morgan fingerprint density at radius 1 is 1.56 bits per heavy atom. The van der Waals surface area contributed by atoms with Crippen molar-refractivity contribution < 1.29 is 9.00 Å². The summed E-state index contributed by atoms with van der Waals surface area (Å²) in [5.74, 6) is 0.666. The van der Waals surface area contributed by atoms with Gasteiger partial charge in [0.15, 0.2) is 0 Å². The van der Waals surface area contributed by atoms with Crippen LogP contribution >= 0.6 is 0 Å². The first-order valence-corrected chi connectivity index (χ1v) is 7.37.